The van der Waals surface area contributed by atoms with Gasteiger partial charge in [0.1, 0.15) is 0 Å². The molecule has 4 nitrogen and oxygen atoms in total. The maximum absolute atomic E-state index is 14.4. The minimum absolute atomic E-state index is 0.181. The SMILES string of the molecule is CC(C)(c1ccc(OC(F)=C(F)C(F)(F)C(F)(F)C(F)(F)C(F)(F)C(F)(F)C(F)(F)C(F)(F)F)c(N)c1)c1ccc(OC(F)=C(F)C(F)(F)C(F)(F)C(F)(F)C(F)(F)C(F)(F)C(F)(F)C(F)(F)F)c(N)c1. The van der Waals surface area contributed by atoms with Crippen LogP contribution in [0.5, 0.6) is 11.5 Å². The minimum Gasteiger partial charge on any atom is -0.427 e. The second kappa shape index (κ2) is 17.5. The first-order chi connectivity index (χ1) is 30.9. The van der Waals surface area contributed by atoms with Crippen LogP contribution in [0.25, 0.3) is 0 Å². The summed E-state index contributed by atoms with van der Waals surface area (Å²) in [5.41, 5.74) is 5.67. The smallest absolute Gasteiger partial charge is 0.427 e. The molecule has 0 amide bonds. The number of halogens is 34. The van der Waals surface area contributed by atoms with Crippen LogP contribution in [0.2, 0.25) is 0 Å². The van der Waals surface area contributed by atoms with Gasteiger partial charge < -0.3 is 20.9 Å². The van der Waals surface area contributed by atoms with Crippen LogP contribution >= 0.6 is 0 Å². The van der Waals surface area contributed by atoms with E-state index < -0.39 is 147 Å². The zero-order valence-corrected chi connectivity index (χ0v) is 32.8. The molecule has 4 N–H and O–H groups in total. The molecular formula is C33H16F34N2O2. The lowest BCUT2D eigenvalue weighted by Crippen LogP contribution is -2.72. The highest BCUT2D eigenvalue weighted by atomic mass is 19.4. The van der Waals surface area contributed by atoms with Crippen molar-refractivity contribution in [3.05, 3.63) is 71.2 Å². The van der Waals surface area contributed by atoms with Crippen LogP contribution in [0.15, 0.2) is 60.1 Å². The predicted octanol–water partition coefficient (Wildman–Crippen LogP) is 14.9. The van der Waals surface area contributed by atoms with E-state index in [1.807, 2.05) is 0 Å². The van der Waals surface area contributed by atoms with Crippen molar-refractivity contribution in [2.45, 2.75) is 103 Å². The van der Waals surface area contributed by atoms with Gasteiger partial charge in [-0.1, -0.05) is 26.0 Å². The van der Waals surface area contributed by atoms with Crippen LogP contribution in [-0.2, 0) is 5.41 Å². The molecule has 0 aromatic heterocycles. The Morgan fingerprint density at radius 2 is 0.549 bits per heavy atom. The van der Waals surface area contributed by atoms with Crippen molar-refractivity contribution in [1.29, 1.82) is 0 Å². The normalized spacial score (nSPS) is 16.2. The summed E-state index contributed by atoms with van der Waals surface area (Å²) in [6.45, 7) is 1.99. The van der Waals surface area contributed by atoms with Crippen molar-refractivity contribution in [1.82, 2.24) is 0 Å². The summed E-state index contributed by atoms with van der Waals surface area (Å²) in [5.74, 6) is -116. The predicted molar refractivity (Wildman–Crippen MR) is 165 cm³/mol. The number of alkyl halides is 30. The fourth-order valence-corrected chi connectivity index (χ4v) is 4.97. The number of hydrogen-bond donors (Lipinski definition) is 2. The molecule has 0 heterocycles. The molecule has 0 aliphatic carbocycles. The second-order valence-electron chi connectivity index (χ2n) is 14.4. The number of anilines is 2. The van der Waals surface area contributed by atoms with Gasteiger partial charge in [-0.2, -0.15) is 149 Å². The Bertz CT molecular complexity index is 2210. The number of ether oxygens (including phenoxy) is 2. The van der Waals surface area contributed by atoms with E-state index in [1.165, 1.54) is 0 Å². The van der Waals surface area contributed by atoms with Gasteiger partial charge in [0.25, 0.3) is 0 Å². The molecule has 0 bridgehead atoms. The molecular weight excluding hydrogens is 1100 g/mol. The highest BCUT2D eigenvalue weighted by Crippen LogP contribution is 2.65. The minimum atomic E-state index is -8.89. The number of allylic oxidation sites excluding steroid dienone is 2. The molecule has 0 atom stereocenters. The molecule has 0 fully saturated rings. The number of benzene rings is 2. The topological polar surface area (TPSA) is 70.5 Å². The quantitative estimate of drug-likeness (QED) is 0.0886. The van der Waals surface area contributed by atoms with E-state index in [0.29, 0.717) is 24.3 Å². The van der Waals surface area contributed by atoms with Gasteiger partial charge in [0.2, 0.25) is 11.7 Å². The Kier molecular flexibility index (Phi) is 15.2. The first-order valence-corrected chi connectivity index (χ1v) is 16.8. The monoisotopic (exact) mass is 1120 g/mol. The van der Waals surface area contributed by atoms with Crippen molar-refractivity contribution >= 4 is 11.4 Å². The molecule has 0 radical (unpaired) electrons. The van der Waals surface area contributed by atoms with Gasteiger partial charge >= 0.3 is 95.4 Å². The molecule has 38 heteroatoms. The molecule has 0 spiro atoms. The van der Waals surface area contributed by atoms with Gasteiger partial charge in [-0.25, -0.2) is 0 Å². The first-order valence-electron chi connectivity index (χ1n) is 16.8. The number of nitrogens with two attached hydrogens (primary N) is 2. The summed E-state index contributed by atoms with van der Waals surface area (Å²) in [7, 11) is 0. The second-order valence-corrected chi connectivity index (χ2v) is 14.4. The Balaban J connectivity index is 2.53. The maximum Gasteiger partial charge on any atom is 0.460 e. The van der Waals surface area contributed by atoms with Crippen LogP contribution < -0.4 is 20.9 Å². The molecule has 0 aliphatic heterocycles. The molecule has 71 heavy (non-hydrogen) atoms. The fraction of sp³-hybridized carbons (Fsp3) is 0.515. The zero-order chi connectivity index (χ0) is 56.9. The summed E-state index contributed by atoms with van der Waals surface area (Å²) in [4.78, 5) is 0. The lowest BCUT2D eigenvalue weighted by molar-refractivity contribution is -0.451. The van der Waals surface area contributed by atoms with Crippen molar-refractivity contribution < 1.29 is 159 Å². The van der Waals surface area contributed by atoms with Crippen molar-refractivity contribution in [2.75, 3.05) is 11.5 Å². The molecule has 2 rings (SSSR count). The van der Waals surface area contributed by atoms with E-state index in [-0.39, 0.29) is 12.1 Å². The molecule has 0 saturated heterocycles. The Hall–Kier alpha value is -5.26. The van der Waals surface area contributed by atoms with E-state index >= 15 is 0 Å². The highest BCUT2D eigenvalue weighted by molar-refractivity contribution is 5.60. The van der Waals surface area contributed by atoms with E-state index in [0.717, 1.165) is 13.8 Å². The number of rotatable bonds is 18. The standard InChI is InChI=1S/C33H16F34N2O2/c1-19(2,9-3-5-13(11(68)7-9)70-17(36)15(34)20(38,39)22(42,43)24(46,47)26(50,51)28(54,55)30(58,59)32(62,63)64)10-4-6-14(12(69)8-10)71-18(37)16(35)21(40,41)23(44,45)25(48,49)27(52,53)29(56,57)31(60,61)33(65,66)67/h3-8H,68-69H2,1-2H3. The van der Waals surface area contributed by atoms with Crippen LogP contribution in [0.4, 0.5) is 161 Å². The number of hydrogen-bond acceptors (Lipinski definition) is 4. The van der Waals surface area contributed by atoms with Crippen LogP contribution in [0.3, 0.4) is 0 Å². The summed E-state index contributed by atoms with van der Waals surface area (Å²) >= 11 is 0. The van der Waals surface area contributed by atoms with E-state index in [1.54, 1.807) is 0 Å². The van der Waals surface area contributed by atoms with Crippen LogP contribution in [0, 0.1) is 0 Å². The fourth-order valence-electron chi connectivity index (χ4n) is 4.97. The van der Waals surface area contributed by atoms with E-state index in [9.17, 15) is 149 Å². The summed E-state index contributed by atoms with van der Waals surface area (Å²) < 4.78 is 468. The van der Waals surface area contributed by atoms with Crippen molar-refractivity contribution in [2.24, 2.45) is 0 Å². The van der Waals surface area contributed by atoms with Crippen LogP contribution in [-0.4, -0.2) is 83.4 Å². The third-order valence-corrected chi connectivity index (χ3v) is 9.41. The van der Waals surface area contributed by atoms with Gasteiger partial charge in [0.15, 0.2) is 11.5 Å². The summed E-state index contributed by atoms with van der Waals surface area (Å²) in [6, 6.07) is -5.51. The van der Waals surface area contributed by atoms with Gasteiger partial charge in [0.05, 0.1) is 11.4 Å². The third-order valence-electron chi connectivity index (χ3n) is 9.41. The lowest BCUT2D eigenvalue weighted by atomic mass is 9.78. The first kappa shape index (κ1) is 61.9. The van der Waals surface area contributed by atoms with Crippen molar-refractivity contribution in [3.63, 3.8) is 0 Å². The maximum atomic E-state index is 14.4. The zero-order valence-electron chi connectivity index (χ0n) is 32.8. The summed E-state index contributed by atoms with van der Waals surface area (Å²) in [6.07, 6.45) is -16.0. The average Bonchev–Trinajstić information content (AvgIpc) is 3.19. The lowest BCUT2D eigenvalue weighted by Gasteiger charge is -2.41. The van der Waals surface area contributed by atoms with Gasteiger partial charge in [-0.3, -0.25) is 0 Å². The van der Waals surface area contributed by atoms with E-state index in [4.69, 9.17) is 11.5 Å². The Morgan fingerprint density at radius 1 is 0.338 bits per heavy atom. The Labute approximate surface area is 367 Å². The third kappa shape index (κ3) is 8.95. The molecule has 2 aromatic carbocycles. The highest BCUT2D eigenvalue weighted by Gasteiger charge is 2.95. The Morgan fingerprint density at radius 3 is 0.761 bits per heavy atom. The number of nitrogen functional groups attached to an aromatic ring is 2. The van der Waals surface area contributed by atoms with E-state index in [2.05, 4.69) is 9.47 Å². The molecule has 0 saturated carbocycles. The molecule has 2 aromatic rings. The largest absolute Gasteiger partial charge is 0.460 e. The molecule has 0 unspecified atom stereocenters. The van der Waals surface area contributed by atoms with Gasteiger partial charge in [-0.15, -0.1) is 0 Å². The average molecular weight is 1120 g/mol. The molecule has 0 aliphatic rings. The van der Waals surface area contributed by atoms with Crippen molar-refractivity contribution in [3.8, 4) is 11.5 Å². The van der Waals surface area contributed by atoms with Gasteiger partial charge in [-0.05, 0) is 35.4 Å². The van der Waals surface area contributed by atoms with Crippen LogP contribution in [0.1, 0.15) is 25.0 Å². The molecule has 408 valence electrons. The van der Waals surface area contributed by atoms with Gasteiger partial charge in [0, 0.05) is 5.41 Å². The summed E-state index contributed by atoms with van der Waals surface area (Å²) in [5, 5.41) is 0.